The Bertz CT molecular complexity index is 1400. The summed E-state index contributed by atoms with van der Waals surface area (Å²) in [7, 11) is 0. The van der Waals surface area contributed by atoms with Gasteiger partial charge in [0.15, 0.2) is 6.29 Å². The fourth-order valence-electron chi connectivity index (χ4n) is 14.6. The second kappa shape index (κ2) is 12.2. The van der Waals surface area contributed by atoms with Gasteiger partial charge in [-0.05, 0) is 123 Å². The lowest BCUT2D eigenvalue weighted by molar-refractivity contribution is -0.249. The van der Waals surface area contributed by atoms with Gasteiger partial charge in [0.1, 0.15) is 6.10 Å². The summed E-state index contributed by atoms with van der Waals surface area (Å²) >= 11 is 0. The third-order valence-electron chi connectivity index (χ3n) is 16.8. The molecule has 280 valence electrons. The van der Waals surface area contributed by atoms with Gasteiger partial charge in [0.2, 0.25) is 0 Å². The minimum absolute atomic E-state index is 0.0175. The van der Waals surface area contributed by atoms with E-state index < -0.39 is 17.8 Å². The number of benzene rings is 1. The highest BCUT2D eigenvalue weighted by Gasteiger charge is 2.84. The largest absolute Gasteiger partial charge is 0.390 e. The first-order chi connectivity index (χ1) is 23.6. The topological polar surface area (TPSA) is 80.6 Å². The summed E-state index contributed by atoms with van der Waals surface area (Å²) in [6.45, 7) is 22.0. The van der Waals surface area contributed by atoms with Crippen LogP contribution in [0.2, 0.25) is 0 Å². The van der Waals surface area contributed by atoms with Gasteiger partial charge in [-0.25, -0.2) is 0 Å². The minimum atomic E-state index is -1.01. The van der Waals surface area contributed by atoms with Crippen LogP contribution < -0.4 is 0 Å². The standard InChI is InChI=1S/C43H67NO6/c1-9-47-37(39(5,6)46)29-23-27(2)34-35(49-29)36(45)41(8)31-16-15-30-38(3,4)32(17-18-42(30)26-43(31,42)20-19-40(34,41)7)50-33-25-44(21-22-48-33)24-28-13-11-10-12-14-28/h10-14,27,29-37,45-46H,9,15-26H2,1-8H3/t27-,29?,30+,31?,32+,33+,34+,35?,36+,37+,40-,41-,42-,43?/m1/s1. The van der Waals surface area contributed by atoms with Crippen LogP contribution in [0.3, 0.4) is 0 Å². The van der Waals surface area contributed by atoms with Crippen molar-refractivity contribution in [3.63, 3.8) is 0 Å². The van der Waals surface area contributed by atoms with Gasteiger partial charge >= 0.3 is 0 Å². The Balaban J connectivity index is 1.00. The first-order valence-corrected chi connectivity index (χ1v) is 20.3. The second-order valence-corrected chi connectivity index (χ2v) is 19.7. The summed E-state index contributed by atoms with van der Waals surface area (Å²) in [4.78, 5) is 2.49. The molecule has 8 rings (SSSR count). The van der Waals surface area contributed by atoms with Crippen LogP contribution in [0.1, 0.15) is 112 Å². The lowest BCUT2D eigenvalue weighted by Crippen LogP contribution is -2.60. The predicted molar refractivity (Wildman–Crippen MR) is 194 cm³/mol. The Labute approximate surface area is 302 Å². The van der Waals surface area contributed by atoms with E-state index in [1.807, 2.05) is 20.8 Å². The Morgan fingerprint density at radius 2 is 1.72 bits per heavy atom. The third-order valence-corrected chi connectivity index (χ3v) is 16.8. The zero-order valence-corrected chi connectivity index (χ0v) is 32.3. The smallest absolute Gasteiger partial charge is 0.170 e. The molecule has 5 aliphatic carbocycles. The van der Waals surface area contributed by atoms with Gasteiger partial charge in [0.25, 0.3) is 0 Å². The van der Waals surface area contributed by atoms with Gasteiger partial charge in [0, 0.05) is 31.7 Å². The second-order valence-electron chi connectivity index (χ2n) is 19.7. The molecule has 2 N–H and O–H groups in total. The number of morpholine rings is 1. The first kappa shape index (κ1) is 35.9. The number of hydrogen-bond acceptors (Lipinski definition) is 7. The molecule has 7 aliphatic rings. The Kier molecular flexibility index (Phi) is 8.79. The van der Waals surface area contributed by atoms with Crippen LogP contribution in [0.5, 0.6) is 0 Å². The molecule has 7 heteroatoms. The normalized spacial score (nSPS) is 48.8. The van der Waals surface area contributed by atoms with Gasteiger partial charge in [-0.15, -0.1) is 0 Å². The Morgan fingerprint density at radius 3 is 2.44 bits per heavy atom. The quantitative estimate of drug-likeness (QED) is 0.298. The molecular formula is C43H67NO6. The van der Waals surface area contributed by atoms with Gasteiger partial charge < -0.3 is 29.2 Å². The molecule has 0 aromatic heterocycles. The summed E-state index contributed by atoms with van der Waals surface area (Å²) in [6.07, 6.45) is 7.98. The maximum absolute atomic E-state index is 12.6. The fourth-order valence-corrected chi connectivity index (χ4v) is 14.6. The van der Waals surface area contributed by atoms with Crippen LogP contribution in [0, 0.1) is 50.7 Å². The van der Waals surface area contributed by atoms with Crippen LogP contribution in [0.25, 0.3) is 0 Å². The average molecular weight is 694 g/mol. The zero-order chi connectivity index (χ0) is 35.5. The summed E-state index contributed by atoms with van der Waals surface area (Å²) in [5, 5.41) is 23.7. The van der Waals surface area contributed by atoms with Crippen molar-refractivity contribution < 1.29 is 29.2 Å². The lowest BCUT2D eigenvalue weighted by atomic mass is 9.41. The van der Waals surface area contributed by atoms with Gasteiger partial charge in [-0.1, -0.05) is 65.0 Å². The highest BCUT2D eigenvalue weighted by atomic mass is 16.7. The average Bonchev–Trinajstić information content (AvgIpc) is 3.70. The van der Waals surface area contributed by atoms with Gasteiger partial charge in [-0.2, -0.15) is 0 Å². The molecule has 7 nitrogen and oxygen atoms in total. The summed E-state index contributed by atoms with van der Waals surface area (Å²) in [6, 6.07) is 10.8. The maximum atomic E-state index is 12.6. The van der Waals surface area contributed by atoms with E-state index in [4.69, 9.17) is 18.9 Å². The number of hydrogen-bond donors (Lipinski definition) is 2. The zero-order valence-electron chi connectivity index (χ0n) is 32.3. The van der Waals surface area contributed by atoms with Crippen LogP contribution >= 0.6 is 0 Å². The van der Waals surface area contributed by atoms with E-state index in [0.717, 1.165) is 39.1 Å². The molecule has 2 saturated heterocycles. The molecule has 1 aromatic carbocycles. The SMILES string of the molecule is CCO[C@@H](C1C[C@@H](C)[C@H]2C(O1)[C@H](O)[C@@]1(C)C3CC[C@H]4C(C)(C)[C@@H](O[C@H]5CN(Cc6ccccc6)CCO5)CC[C@@]45CC35CC[C@]21C)C(C)(C)O. The summed E-state index contributed by atoms with van der Waals surface area (Å²) < 4.78 is 26.4. The number of nitrogens with zero attached hydrogens (tertiary/aromatic N) is 1. The molecule has 7 fully saturated rings. The van der Waals surface area contributed by atoms with Crippen LogP contribution in [0.4, 0.5) is 0 Å². The number of fused-ring (bicyclic) bond motifs is 4. The molecular weight excluding hydrogens is 626 g/mol. The molecule has 2 spiro atoms. The molecule has 1 aromatic rings. The fraction of sp³-hybridized carbons (Fsp3) is 0.860. The van der Waals surface area contributed by atoms with Crippen molar-refractivity contribution >= 4 is 0 Å². The van der Waals surface area contributed by atoms with Crippen LogP contribution in [-0.2, 0) is 25.5 Å². The number of rotatable bonds is 8. The van der Waals surface area contributed by atoms with Crippen molar-refractivity contribution in [2.24, 2.45) is 50.7 Å². The van der Waals surface area contributed by atoms with Crippen LogP contribution in [0.15, 0.2) is 30.3 Å². The maximum Gasteiger partial charge on any atom is 0.170 e. The van der Waals surface area contributed by atoms with E-state index in [1.165, 1.54) is 44.1 Å². The van der Waals surface area contributed by atoms with Crippen molar-refractivity contribution in [1.82, 2.24) is 4.90 Å². The molecule has 14 atom stereocenters. The molecule has 2 heterocycles. The van der Waals surface area contributed by atoms with Crippen molar-refractivity contribution in [3.8, 4) is 0 Å². The number of ether oxygens (including phenoxy) is 4. The van der Waals surface area contributed by atoms with Crippen molar-refractivity contribution in [3.05, 3.63) is 35.9 Å². The monoisotopic (exact) mass is 693 g/mol. The molecule has 5 saturated carbocycles. The summed E-state index contributed by atoms with van der Waals surface area (Å²) in [5.74, 6) is 1.82. The van der Waals surface area contributed by atoms with E-state index in [9.17, 15) is 10.2 Å². The highest BCUT2D eigenvalue weighted by molar-refractivity contribution is 5.33. The van der Waals surface area contributed by atoms with Gasteiger partial charge in [0.05, 0.1) is 36.6 Å². The van der Waals surface area contributed by atoms with Gasteiger partial charge in [-0.3, -0.25) is 4.90 Å². The van der Waals surface area contributed by atoms with E-state index in [2.05, 4.69) is 69.9 Å². The van der Waals surface area contributed by atoms with E-state index in [-0.39, 0.29) is 40.8 Å². The number of aliphatic hydroxyl groups excluding tert-OH is 1. The van der Waals surface area contributed by atoms with Crippen molar-refractivity contribution in [2.75, 3.05) is 26.3 Å². The van der Waals surface area contributed by atoms with Crippen LogP contribution in [-0.4, -0.2) is 83.8 Å². The lowest BCUT2D eigenvalue weighted by Gasteiger charge is -2.64. The molecule has 4 unspecified atom stereocenters. The molecule has 50 heavy (non-hydrogen) atoms. The Morgan fingerprint density at radius 1 is 1.00 bits per heavy atom. The molecule has 0 bridgehead atoms. The Hall–Kier alpha value is -1.06. The van der Waals surface area contributed by atoms with E-state index >= 15 is 0 Å². The first-order valence-electron chi connectivity index (χ1n) is 20.3. The molecule has 0 amide bonds. The summed E-state index contributed by atoms with van der Waals surface area (Å²) in [5.41, 5.74) is 0.862. The third kappa shape index (κ3) is 5.06. The molecule has 2 aliphatic heterocycles. The minimum Gasteiger partial charge on any atom is -0.390 e. The number of aliphatic hydroxyl groups is 2. The predicted octanol–water partition coefficient (Wildman–Crippen LogP) is 7.22. The molecule has 0 radical (unpaired) electrons. The highest BCUT2D eigenvalue weighted by Crippen LogP contribution is 2.89. The van der Waals surface area contributed by atoms with E-state index in [0.29, 0.717) is 41.1 Å². The van der Waals surface area contributed by atoms with E-state index in [1.54, 1.807) is 0 Å². The van der Waals surface area contributed by atoms with Crippen molar-refractivity contribution in [2.45, 2.75) is 156 Å². The van der Waals surface area contributed by atoms with Crippen molar-refractivity contribution in [1.29, 1.82) is 0 Å².